The molecule has 0 unspecified atom stereocenters. The normalized spacial score (nSPS) is 11.7. The minimum atomic E-state index is -0.799. The van der Waals surface area contributed by atoms with E-state index < -0.39 is 27.1 Å². The lowest BCUT2D eigenvalue weighted by Gasteiger charge is -2.06. The fourth-order valence-electron chi connectivity index (χ4n) is 2.86. The first kappa shape index (κ1) is 20.3. The van der Waals surface area contributed by atoms with Gasteiger partial charge in [-0.2, -0.15) is 4.99 Å². The smallest absolute Gasteiger partial charge is 0.280 e. The number of nitro groups is 2. The summed E-state index contributed by atoms with van der Waals surface area (Å²) in [6.45, 7) is 2.78. The summed E-state index contributed by atoms with van der Waals surface area (Å²) in [7, 11) is 1.56. The molecule has 0 radical (unpaired) electrons. The minimum absolute atomic E-state index is 0.224. The van der Waals surface area contributed by atoms with Gasteiger partial charge in [-0.25, -0.2) is 0 Å². The van der Waals surface area contributed by atoms with E-state index in [1.165, 1.54) is 11.3 Å². The number of methoxy groups -OCH3 is 1. The second-order valence-electron chi connectivity index (χ2n) is 6.12. The maximum Gasteiger partial charge on any atom is 0.280 e. The third-order valence-electron chi connectivity index (χ3n) is 4.19. The molecule has 3 rings (SSSR count). The predicted molar refractivity (Wildman–Crippen MR) is 106 cm³/mol. The van der Waals surface area contributed by atoms with E-state index in [1.54, 1.807) is 7.11 Å². The largest absolute Gasteiger partial charge is 0.383 e. The van der Waals surface area contributed by atoms with E-state index in [9.17, 15) is 25.0 Å². The number of para-hydroxylation sites is 1. The van der Waals surface area contributed by atoms with Crippen molar-refractivity contribution in [2.75, 3.05) is 13.7 Å². The van der Waals surface area contributed by atoms with E-state index in [0.717, 1.165) is 34.0 Å². The Bertz CT molecular complexity index is 1160. The standard InChI is InChI=1S/C18H16N4O6S/c1-11-4-3-5-15-16(11)20(6-7-28-2)18(29-15)19-17(23)12-8-13(21(24)25)10-14(9-12)22(26)27/h3-5,8-10H,6-7H2,1-2H3. The summed E-state index contributed by atoms with van der Waals surface area (Å²) in [6.07, 6.45) is 0. The Kier molecular flexibility index (Phi) is 5.80. The van der Waals surface area contributed by atoms with Crippen LogP contribution in [0.5, 0.6) is 0 Å². The van der Waals surface area contributed by atoms with E-state index in [-0.39, 0.29) is 5.56 Å². The molecule has 0 aliphatic rings. The fraction of sp³-hybridized carbons (Fsp3) is 0.222. The molecule has 150 valence electrons. The zero-order valence-corrected chi connectivity index (χ0v) is 16.3. The molecule has 0 aliphatic heterocycles. The number of amides is 1. The first-order valence-corrected chi connectivity index (χ1v) is 9.24. The van der Waals surface area contributed by atoms with Crippen molar-refractivity contribution in [3.63, 3.8) is 0 Å². The van der Waals surface area contributed by atoms with Gasteiger partial charge in [-0.05, 0) is 18.6 Å². The van der Waals surface area contributed by atoms with Crippen LogP contribution < -0.4 is 4.80 Å². The number of aryl methyl sites for hydroxylation is 1. The van der Waals surface area contributed by atoms with Gasteiger partial charge >= 0.3 is 0 Å². The molecule has 0 atom stereocenters. The second-order valence-corrected chi connectivity index (χ2v) is 7.13. The van der Waals surface area contributed by atoms with Crippen LogP contribution in [0.3, 0.4) is 0 Å². The number of carbonyl (C=O) groups excluding carboxylic acids is 1. The molecule has 1 amide bonds. The van der Waals surface area contributed by atoms with Crippen LogP contribution in [0.25, 0.3) is 10.2 Å². The van der Waals surface area contributed by atoms with E-state index in [2.05, 4.69) is 4.99 Å². The molecule has 1 heterocycles. The molecular formula is C18H16N4O6S. The van der Waals surface area contributed by atoms with Crippen molar-refractivity contribution in [3.8, 4) is 0 Å². The van der Waals surface area contributed by atoms with Gasteiger partial charge in [0.05, 0.1) is 38.3 Å². The Morgan fingerprint density at radius 3 is 2.41 bits per heavy atom. The van der Waals surface area contributed by atoms with Gasteiger partial charge in [-0.1, -0.05) is 23.5 Å². The molecule has 0 saturated heterocycles. The Hall–Kier alpha value is -3.44. The highest BCUT2D eigenvalue weighted by Gasteiger charge is 2.20. The first-order chi connectivity index (χ1) is 13.8. The van der Waals surface area contributed by atoms with Crippen molar-refractivity contribution in [1.29, 1.82) is 0 Å². The number of nitrogens with zero attached hydrogens (tertiary/aromatic N) is 4. The van der Waals surface area contributed by atoms with Gasteiger partial charge in [-0.15, -0.1) is 0 Å². The fourth-order valence-corrected chi connectivity index (χ4v) is 4.00. The number of aromatic nitrogens is 1. The number of thiazole rings is 1. The van der Waals surface area contributed by atoms with Crippen molar-refractivity contribution in [2.45, 2.75) is 13.5 Å². The van der Waals surface area contributed by atoms with Gasteiger partial charge in [0.2, 0.25) is 0 Å². The molecule has 29 heavy (non-hydrogen) atoms. The van der Waals surface area contributed by atoms with Gasteiger partial charge in [0.1, 0.15) is 0 Å². The van der Waals surface area contributed by atoms with Crippen molar-refractivity contribution in [1.82, 2.24) is 4.57 Å². The van der Waals surface area contributed by atoms with Crippen LogP contribution in [0.2, 0.25) is 0 Å². The number of hydrogen-bond donors (Lipinski definition) is 0. The van der Waals surface area contributed by atoms with Gasteiger partial charge < -0.3 is 9.30 Å². The van der Waals surface area contributed by atoms with Crippen LogP contribution in [0.4, 0.5) is 11.4 Å². The summed E-state index contributed by atoms with van der Waals surface area (Å²) in [5, 5.41) is 22.1. The van der Waals surface area contributed by atoms with Crippen molar-refractivity contribution >= 4 is 38.8 Å². The quantitative estimate of drug-likeness (QED) is 0.448. The Labute approximate surface area is 168 Å². The maximum absolute atomic E-state index is 12.7. The topological polar surface area (TPSA) is 130 Å². The first-order valence-electron chi connectivity index (χ1n) is 8.42. The zero-order valence-electron chi connectivity index (χ0n) is 15.5. The van der Waals surface area contributed by atoms with Crippen LogP contribution in [-0.4, -0.2) is 34.0 Å². The molecule has 0 fully saturated rings. The van der Waals surface area contributed by atoms with Crippen LogP contribution >= 0.6 is 11.3 Å². The van der Waals surface area contributed by atoms with Crippen molar-refractivity contribution in [3.05, 3.63) is 72.6 Å². The average molecular weight is 416 g/mol. The number of hydrogen-bond acceptors (Lipinski definition) is 7. The van der Waals surface area contributed by atoms with E-state index in [1.807, 2.05) is 29.7 Å². The summed E-state index contributed by atoms with van der Waals surface area (Å²) in [5.41, 5.74) is 0.591. The number of rotatable bonds is 6. The van der Waals surface area contributed by atoms with Crippen molar-refractivity contribution in [2.24, 2.45) is 4.99 Å². The molecule has 1 aromatic heterocycles. The summed E-state index contributed by atoms with van der Waals surface area (Å²) in [6, 6.07) is 8.50. The number of carbonyl (C=O) groups is 1. The monoisotopic (exact) mass is 416 g/mol. The summed E-state index contributed by atoms with van der Waals surface area (Å²) >= 11 is 1.28. The number of non-ortho nitro benzene ring substituents is 2. The van der Waals surface area contributed by atoms with Gasteiger partial charge in [0.25, 0.3) is 17.3 Å². The molecule has 0 aliphatic carbocycles. The van der Waals surface area contributed by atoms with Crippen LogP contribution in [0.1, 0.15) is 15.9 Å². The molecular weight excluding hydrogens is 400 g/mol. The number of nitro benzene ring substituents is 2. The number of benzene rings is 2. The number of ether oxygens (including phenoxy) is 1. The lowest BCUT2D eigenvalue weighted by atomic mass is 10.1. The van der Waals surface area contributed by atoms with Gasteiger partial charge in [0, 0.05) is 25.8 Å². The van der Waals surface area contributed by atoms with Crippen molar-refractivity contribution < 1.29 is 19.4 Å². The molecule has 0 spiro atoms. The van der Waals surface area contributed by atoms with Crippen LogP contribution in [0, 0.1) is 27.2 Å². The second kappa shape index (κ2) is 8.29. The molecule has 0 bridgehead atoms. The average Bonchev–Trinajstić information content (AvgIpc) is 3.04. The SMILES string of the molecule is COCCn1c(=NC(=O)c2cc([N+](=O)[O-])cc([N+](=O)[O-])c2)sc2cccc(C)c21. The predicted octanol–water partition coefficient (Wildman–Crippen LogP) is 3.22. The Morgan fingerprint density at radius 1 is 1.17 bits per heavy atom. The molecule has 2 aromatic carbocycles. The van der Waals surface area contributed by atoms with E-state index in [4.69, 9.17) is 4.74 Å². The third kappa shape index (κ3) is 4.20. The van der Waals surface area contributed by atoms with Crippen LogP contribution in [0.15, 0.2) is 41.4 Å². The summed E-state index contributed by atoms with van der Waals surface area (Å²) in [4.78, 5) is 37.7. The maximum atomic E-state index is 12.7. The minimum Gasteiger partial charge on any atom is -0.383 e. The number of fused-ring (bicyclic) bond motifs is 1. The molecule has 0 N–H and O–H groups in total. The molecule has 10 nitrogen and oxygen atoms in total. The highest BCUT2D eigenvalue weighted by atomic mass is 32.1. The Balaban J connectivity index is 2.16. The Morgan fingerprint density at radius 2 is 1.83 bits per heavy atom. The molecule has 0 saturated carbocycles. The van der Waals surface area contributed by atoms with Crippen LogP contribution in [-0.2, 0) is 11.3 Å². The molecule has 3 aromatic rings. The van der Waals surface area contributed by atoms with Gasteiger partial charge in [0.15, 0.2) is 4.80 Å². The summed E-state index contributed by atoms with van der Waals surface area (Å²) in [5.74, 6) is -0.799. The van der Waals surface area contributed by atoms with E-state index in [0.29, 0.717) is 18.0 Å². The zero-order chi connectivity index (χ0) is 21.1. The lowest BCUT2D eigenvalue weighted by molar-refractivity contribution is -0.394. The highest BCUT2D eigenvalue weighted by molar-refractivity contribution is 7.16. The van der Waals surface area contributed by atoms with E-state index >= 15 is 0 Å². The third-order valence-corrected chi connectivity index (χ3v) is 5.23. The lowest BCUT2D eigenvalue weighted by Crippen LogP contribution is -2.19. The summed E-state index contributed by atoms with van der Waals surface area (Å²) < 4.78 is 7.89. The van der Waals surface area contributed by atoms with Gasteiger partial charge in [-0.3, -0.25) is 25.0 Å². The molecule has 11 heteroatoms. The highest BCUT2D eigenvalue weighted by Crippen LogP contribution is 2.24.